The van der Waals surface area contributed by atoms with E-state index in [9.17, 15) is 14.4 Å². The number of amides is 2. The maximum Gasteiger partial charge on any atom is 0.327 e. The minimum absolute atomic E-state index is 0. The van der Waals surface area contributed by atoms with Gasteiger partial charge >= 0.3 is 5.97 Å². The highest BCUT2D eigenvalue weighted by Crippen LogP contribution is 2.24. The molecular formula is C32H38BrClN4O5. The molecule has 0 spiro atoms. The fourth-order valence-corrected chi connectivity index (χ4v) is 5.44. The van der Waals surface area contributed by atoms with Crippen molar-refractivity contribution in [3.63, 3.8) is 0 Å². The highest BCUT2D eigenvalue weighted by Gasteiger charge is 2.28. The van der Waals surface area contributed by atoms with Crippen molar-refractivity contribution in [2.75, 3.05) is 38.3 Å². The van der Waals surface area contributed by atoms with Gasteiger partial charge in [-0.25, -0.2) is 9.36 Å². The SMILES string of the molecule is CCC[n+]1cc(Br)cc(C(=O)N(CCC(=O)NCC(COC(=O)C2NCCc3ccccc32)OC)c2ccccc2)c1.[Cl-]. The van der Waals surface area contributed by atoms with Crippen molar-refractivity contribution in [2.45, 2.75) is 44.9 Å². The number of nitrogens with zero attached hydrogens (tertiary/aromatic N) is 2. The quantitative estimate of drug-likeness (QED) is 0.205. The molecule has 2 unspecified atom stereocenters. The number of pyridine rings is 1. The van der Waals surface area contributed by atoms with Crippen LogP contribution in [0.15, 0.2) is 77.5 Å². The van der Waals surface area contributed by atoms with Crippen LogP contribution in [0, 0.1) is 0 Å². The molecule has 2 aromatic carbocycles. The number of nitrogens with one attached hydrogen (secondary N) is 2. The first-order valence-corrected chi connectivity index (χ1v) is 15.0. The number of aromatic nitrogens is 1. The summed E-state index contributed by atoms with van der Waals surface area (Å²) in [6, 6.07) is 18.4. The molecule has 0 bridgehead atoms. The third-order valence-corrected chi connectivity index (χ3v) is 7.54. The van der Waals surface area contributed by atoms with Gasteiger partial charge in [0.15, 0.2) is 12.4 Å². The number of fused-ring (bicyclic) bond motifs is 1. The molecule has 0 radical (unpaired) electrons. The molecule has 2 heterocycles. The molecule has 1 aliphatic heterocycles. The lowest BCUT2D eigenvalue weighted by molar-refractivity contribution is -0.697. The van der Waals surface area contributed by atoms with Crippen molar-refractivity contribution in [2.24, 2.45) is 0 Å². The van der Waals surface area contributed by atoms with Gasteiger partial charge < -0.3 is 37.4 Å². The summed E-state index contributed by atoms with van der Waals surface area (Å²) in [5, 5.41) is 6.07. The Kier molecular flexibility index (Phi) is 13.6. The number of hydrogen-bond donors (Lipinski definition) is 2. The number of halogens is 2. The predicted molar refractivity (Wildman–Crippen MR) is 163 cm³/mol. The van der Waals surface area contributed by atoms with Gasteiger partial charge in [0.2, 0.25) is 5.91 Å². The van der Waals surface area contributed by atoms with Gasteiger partial charge in [0, 0.05) is 45.3 Å². The van der Waals surface area contributed by atoms with Crippen LogP contribution in [0.5, 0.6) is 0 Å². The Labute approximate surface area is 267 Å². The second-order valence-electron chi connectivity index (χ2n) is 10.2. The topological polar surface area (TPSA) is 101 Å². The van der Waals surface area contributed by atoms with Crippen molar-refractivity contribution >= 4 is 39.4 Å². The molecule has 0 saturated carbocycles. The van der Waals surface area contributed by atoms with Crippen LogP contribution in [0.1, 0.15) is 47.3 Å². The van der Waals surface area contributed by atoms with Gasteiger partial charge in [-0.3, -0.25) is 9.59 Å². The largest absolute Gasteiger partial charge is 1.00 e. The van der Waals surface area contributed by atoms with Crippen molar-refractivity contribution in [1.82, 2.24) is 10.6 Å². The molecular weight excluding hydrogens is 636 g/mol. The number of carbonyl (C=O) groups excluding carboxylic acids is 3. The molecule has 230 valence electrons. The Hall–Kier alpha value is -3.31. The monoisotopic (exact) mass is 672 g/mol. The Balaban J connectivity index is 0.00000506. The molecule has 0 saturated heterocycles. The van der Waals surface area contributed by atoms with Crippen LogP contribution in [0.4, 0.5) is 5.69 Å². The molecule has 0 fully saturated rings. The zero-order valence-electron chi connectivity index (χ0n) is 24.4. The molecule has 2 N–H and O–H groups in total. The number of esters is 1. The summed E-state index contributed by atoms with van der Waals surface area (Å²) >= 11 is 3.51. The van der Waals surface area contributed by atoms with E-state index in [4.69, 9.17) is 9.47 Å². The zero-order chi connectivity index (χ0) is 29.9. The molecule has 43 heavy (non-hydrogen) atoms. The first-order valence-electron chi connectivity index (χ1n) is 14.2. The minimum atomic E-state index is -0.523. The summed E-state index contributed by atoms with van der Waals surface area (Å²) in [4.78, 5) is 40.9. The molecule has 1 aliphatic rings. The number of benzene rings is 2. The van der Waals surface area contributed by atoms with E-state index in [0.717, 1.165) is 35.0 Å². The van der Waals surface area contributed by atoms with E-state index in [0.29, 0.717) is 17.8 Å². The van der Waals surface area contributed by atoms with E-state index in [1.54, 1.807) is 11.0 Å². The second-order valence-corrected chi connectivity index (χ2v) is 11.1. The Morgan fingerprint density at radius 3 is 2.60 bits per heavy atom. The number of ether oxygens (including phenoxy) is 2. The smallest absolute Gasteiger partial charge is 0.327 e. The third kappa shape index (κ3) is 9.59. The van der Waals surface area contributed by atoms with Crippen molar-refractivity contribution in [3.8, 4) is 0 Å². The zero-order valence-corrected chi connectivity index (χ0v) is 26.8. The van der Waals surface area contributed by atoms with Crippen LogP contribution >= 0.6 is 15.9 Å². The lowest BCUT2D eigenvalue weighted by atomic mass is 9.94. The lowest BCUT2D eigenvalue weighted by Gasteiger charge is -2.26. The van der Waals surface area contributed by atoms with Gasteiger partial charge in [-0.15, -0.1) is 0 Å². The summed E-state index contributed by atoms with van der Waals surface area (Å²) in [5.74, 6) is -0.810. The first-order chi connectivity index (χ1) is 20.4. The van der Waals surface area contributed by atoms with Crippen molar-refractivity contribution in [3.05, 3.63) is 94.2 Å². The van der Waals surface area contributed by atoms with E-state index < -0.39 is 12.1 Å². The Morgan fingerprint density at radius 1 is 1.12 bits per heavy atom. The predicted octanol–water partition coefficient (Wildman–Crippen LogP) is 0.749. The van der Waals surface area contributed by atoms with Crippen LogP contribution in [-0.2, 0) is 32.0 Å². The van der Waals surface area contributed by atoms with E-state index in [-0.39, 0.29) is 56.3 Å². The molecule has 2 amide bonds. The summed E-state index contributed by atoms with van der Waals surface area (Å²) in [7, 11) is 1.51. The molecule has 3 aromatic rings. The van der Waals surface area contributed by atoms with Gasteiger partial charge in [-0.05, 0) is 51.7 Å². The van der Waals surface area contributed by atoms with Crippen molar-refractivity contribution < 1.29 is 40.8 Å². The van der Waals surface area contributed by atoms with Crippen LogP contribution in [-0.4, -0.2) is 57.2 Å². The number of carbonyl (C=O) groups is 3. The van der Waals surface area contributed by atoms with E-state index >= 15 is 0 Å². The standard InChI is InChI=1S/C32H37BrN4O5.ClH/c1-3-16-36-20-24(18-25(33)21-36)31(39)37(26-10-5-4-6-11-26)17-14-29(38)35-19-27(41-2)22-42-32(40)30-28-12-8-7-9-23(28)13-15-34-30;/h4-12,18,20-21,27,30,34H,3,13-17,19,22H2,1-2H3;1H. The summed E-state index contributed by atoms with van der Waals surface area (Å²) in [6.45, 7) is 3.92. The van der Waals surface area contributed by atoms with Gasteiger partial charge in [0.25, 0.3) is 5.91 Å². The fourth-order valence-electron chi connectivity index (χ4n) is 4.93. The maximum atomic E-state index is 13.6. The highest BCUT2D eigenvalue weighted by molar-refractivity contribution is 9.10. The molecule has 4 rings (SSSR count). The van der Waals surface area contributed by atoms with Crippen LogP contribution in [0.2, 0.25) is 0 Å². The molecule has 11 heteroatoms. The Bertz CT molecular complexity index is 1380. The maximum absolute atomic E-state index is 13.6. The highest BCUT2D eigenvalue weighted by atomic mass is 79.9. The van der Waals surface area contributed by atoms with Gasteiger partial charge in [0.1, 0.15) is 30.9 Å². The normalized spacial score (nSPS) is 14.5. The number of para-hydroxylation sites is 1. The molecule has 9 nitrogen and oxygen atoms in total. The summed E-state index contributed by atoms with van der Waals surface area (Å²) in [5.41, 5.74) is 3.30. The van der Waals surface area contributed by atoms with Crippen LogP contribution in [0.25, 0.3) is 0 Å². The molecule has 1 aromatic heterocycles. The molecule has 2 atom stereocenters. The number of rotatable bonds is 13. The van der Waals surface area contributed by atoms with Gasteiger partial charge in [0.05, 0.1) is 4.47 Å². The Morgan fingerprint density at radius 2 is 1.86 bits per heavy atom. The fraction of sp³-hybridized carbons (Fsp3) is 0.375. The summed E-state index contributed by atoms with van der Waals surface area (Å²) in [6.07, 6.45) is 5.14. The molecule has 0 aliphatic carbocycles. The third-order valence-electron chi connectivity index (χ3n) is 7.11. The first kappa shape index (κ1) is 34.2. The average Bonchev–Trinajstić information content (AvgIpc) is 3.01. The summed E-state index contributed by atoms with van der Waals surface area (Å²) < 4.78 is 13.8. The van der Waals surface area contributed by atoms with Gasteiger partial charge in [-0.1, -0.05) is 49.4 Å². The van der Waals surface area contributed by atoms with E-state index in [2.05, 4.69) is 33.5 Å². The number of methoxy groups -OCH3 is 1. The van der Waals surface area contributed by atoms with Crippen molar-refractivity contribution in [1.29, 1.82) is 0 Å². The van der Waals surface area contributed by atoms with Crippen LogP contribution < -0.4 is 32.5 Å². The number of anilines is 1. The second kappa shape index (κ2) is 17.1. The lowest BCUT2D eigenvalue weighted by Crippen LogP contribution is -3.00. The minimum Gasteiger partial charge on any atom is -1.00 e. The van der Waals surface area contributed by atoms with Crippen LogP contribution in [0.3, 0.4) is 0 Å². The van der Waals surface area contributed by atoms with E-state index in [1.165, 1.54) is 7.11 Å². The number of hydrogen-bond acceptors (Lipinski definition) is 6. The number of aryl methyl sites for hydroxylation is 1. The average molecular weight is 674 g/mol. The van der Waals surface area contributed by atoms with Gasteiger partial charge in [-0.2, -0.15) is 0 Å². The van der Waals surface area contributed by atoms with E-state index in [1.807, 2.05) is 71.6 Å².